The summed E-state index contributed by atoms with van der Waals surface area (Å²) in [6.45, 7) is 0.0946. The molecule has 0 bridgehead atoms. The minimum atomic E-state index is -1.44. The number of carbonyl (C=O) groups is 1. The minimum absolute atomic E-state index is 0.0300. The van der Waals surface area contributed by atoms with Gasteiger partial charge in [-0.1, -0.05) is 0 Å². The molecule has 1 aromatic carbocycles. The second kappa shape index (κ2) is 4.21. The minimum Gasteiger partial charge on any atom is -0.486 e. The molecule has 0 atom stereocenters. The average Bonchev–Trinajstić information content (AvgIpc) is 2.48. The number of halogens is 2. The van der Waals surface area contributed by atoms with Gasteiger partial charge in [0.05, 0.1) is 16.6 Å². The van der Waals surface area contributed by atoms with Crippen LogP contribution in [0.25, 0.3) is 10.9 Å². The Hall–Kier alpha value is -2.64. The highest BCUT2D eigenvalue weighted by Gasteiger charge is 2.45. The van der Waals surface area contributed by atoms with Crippen molar-refractivity contribution in [2.75, 3.05) is 12.3 Å². The Balaban J connectivity index is 2.26. The van der Waals surface area contributed by atoms with Crippen molar-refractivity contribution in [2.24, 2.45) is 0 Å². The summed E-state index contributed by atoms with van der Waals surface area (Å²) >= 11 is 0. The summed E-state index contributed by atoms with van der Waals surface area (Å²) in [6, 6.07) is 0. The molecule has 3 N–H and O–H groups in total. The lowest BCUT2D eigenvalue weighted by atomic mass is 9.76. The molecule has 2 aliphatic rings. The van der Waals surface area contributed by atoms with Crippen LogP contribution in [-0.2, 0) is 5.54 Å². The maximum absolute atomic E-state index is 14.2. The molecule has 6 nitrogen and oxygen atoms in total. The largest absolute Gasteiger partial charge is 0.486 e. The molecule has 1 aromatic heterocycles. The molecule has 1 aliphatic carbocycles. The number of rotatable bonds is 1. The van der Waals surface area contributed by atoms with Gasteiger partial charge in [0, 0.05) is 6.20 Å². The molecule has 0 radical (unpaired) electrons. The molecule has 4 rings (SSSR count). The number of hydrogen-bond acceptors (Lipinski definition) is 4. The number of ether oxygens (including phenoxy) is 1. The van der Waals surface area contributed by atoms with Crippen LogP contribution >= 0.6 is 0 Å². The van der Waals surface area contributed by atoms with E-state index in [0.29, 0.717) is 12.8 Å². The molecule has 1 fully saturated rings. The van der Waals surface area contributed by atoms with Crippen LogP contribution in [0, 0.1) is 11.6 Å². The van der Waals surface area contributed by atoms with Crippen molar-refractivity contribution < 1.29 is 23.4 Å². The Bertz CT molecular complexity index is 947. The monoisotopic (exact) mass is 322 g/mol. The van der Waals surface area contributed by atoms with Gasteiger partial charge in [-0.2, -0.15) is 4.39 Å². The first-order valence-electron chi connectivity index (χ1n) is 7.10. The van der Waals surface area contributed by atoms with Gasteiger partial charge in [-0.25, -0.2) is 9.18 Å². The number of carboxylic acid groups (broad SMARTS) is 1. The van der Waals surface area contributed by atoms with Crippen molar-refractivity contribution in [2.45, 2.75) is 24.8 Å². The van der Waals surface area contributed by atoms with Crippen LogP contribution < -0.4 is 15.9 Å². The second-order valence-corrected chi connectivity index (χ2v) is 6.01. The number of fused-ring (bicyclic) bond motifs is 1. The van der Waals surface area contributed by atoms with Gasteiger partial charge >= 0.3 is 5.97 Å². The number of aromatic nitrogens is 1. The molecule has 0 unspecified atom stereocenters. The lowest BCUT2D eigenvalue weighted by molar-refractivity contribution is 0.0555. The van der Waals surface area contributed by atoms with Crippen molar-refractivity contribution >= 4 is 22.6 Å². The maximum atomic E-state index is 14.2. The Morgan fingerprint density at radius 1 is 1.35 bits per heavy atom. The Morgan fingerprint density at radius 2 is 2.04 bits per heavy atom. The fraction of sp³-hybridized carbons (Fsp3) is 0.333. The highest BCUT2D eigenvalue weighted by atomic mass is 19.2. The second-order valence-electron chi connectivity index (χ2n) is 6.01. The van der Waals surface area contributed by atoms with E-state index in [1.807, 2.05) is 0 Å². The first-order valence-corrected chi connectivity index (χ1v) is 7.10. The molecule has 0 amide bonds. The van der Waals surface area contributed by atoms with E-state index in [1.165, 1.54) is 10.8 Å². The summed E-state index contributed by atoms with van der Waals surface area (Å²) in [5.74, 6) is -4.49. The predicted octanol–water partition coefficient (Wildman–Crippen LogP) is 1.83. The number of nitrogen functional groups attached to an aromatic ring is 1. The zero-order valence-corrected chi connectivity index (χ0v) is 11.9. The summed E-state index contributed by atoms with van der Waals surface area (Å²) in [5.41, 5.74) is 2.91. The first kappa shape index (κ1) is 14.0. The normalized spacial score (nSPS) is 17.8. The lowest BCUT2D eigenvalue weighted by Crippen LogP contribution is -2.49. The summed E-state index contributed by atoms with van der Waals surface area (Å²) in [7, 11) is 0. The highest BCUT2D eigenvalue weighted by Crippen LogP contribution is 2.47. The van der Waals surface area contributed by atoms with Gasteiger partial charge in [0.15, 0.2) is 11.6 Å². The number of pyridine rings is 1. The third-order valence-electron chi connectivity index (χ3n) is 4.83. The van der Waals surface area contributed by atoms with Crippen LogP contribution in [0.5, 0.6) is 5.75 Å². The molecule has 0 saturated heterocycles. The van der Waals surface area contributed by atoms with Crippen LogP contribution in [0.15, 0.2) is 11.0 Å². The predicted molar refractivity (Wildman–Crippen MR) is 76.8 cm³/mol. The SMILES string of the molecule is Nc1c(F)c(F)c2c3c1c(=O)c(C(=O)O)cn3C1(CCC1)CO2. The smallest absolute Gasteiger partial charge is 0.341 e. The van der Waals surface area contributed by atoms with Crippen molar-refractivity contribution in [3.8, 4) is 5.75 Å². The van der Waals surface area contributed by atoms with Gasteiger partial charge in [-0.05, 0) is 19.3 Å². The standard InChI is InChI=1S/C15H12F2N2O4/c16-8-9(17)13-11-7(10(8)18)12(20)6(14(21)22)4-19(11)15(5-23-13)2-1-3-15/h4H,1-3,5,18H2,(H,21,22). The zero-order valence-electron chi connectivity index (χ0n) is 11.9. The van der Waals surface area contributed by atoms with Gasteiger partial charge in [0.1, 0.15) is 17.7 Å². The van der Waals surface area contributed by atoms with Crippen LogP contribution in [0.2, 0.25) is 0 Å². The van der Waals surface area contributed by atoms with E-state index in [2.05, 4.69) is 0 Å². The Labute approximate surface area is 128 Å². The van der Waals surface area contributed by atoms with Gasteiger partial charge in [-0.3, -0.25) is 4.79 Å². The van der Waals surface area contributed by atoms with E-state index >= 15 is 0 Å². The number of anilines is 1. The first-order chi connectivity index (χ1) is 10.9. The van der Waals surface area contributed by atoms with Crippen molar-refractivity contribution in [1.29, 1.82) is 0 Å². The van der Waals surface area contributed by atoms with Crippen LogP contribution in [0.1, 0.15) is 29.6 Å². The summed E-state index contributed by atoms with van der Waals surface area (Å²) < 4.78 is 35.1. The Kier molecular flexibility index (Phi) is 2.56. The van der Waals surface area contributed by atoms with Gasteiger partial charge in [0.2, 0.25) is 11.2 Å². The van der Waals surface area contributed by atoms with E-state index in [1.54, 1.807) is 0 Å². The highest BCUT2D eigenvalue weighted by molar-refractivity contribution is 6.00. The lowest BCUT2D eigenvalue weighted by Gasteiger charge is -2.47. The molecule has 1 saturated carbocycles. The van der Waals surface area contributed by atoms with E-state index in [4.69, 9.17) is 10.5 Å². The van der Waals surface area contributed by atoms with E-state index in [0.717, 1.165) is 6.42 Å². The summed E-state index contributed by atoms with van der Waals surface area (Å²) in [5, 5.41) is 8.91. The summed E-state index contributed by atoms with van der Waals surface area (Å²) in [4.78, 5) is 23.8. The van der Waals surface area contributed by atoms with Gasteiger partial charge in [0.25, 0.3) is 0 Å². The number of aromatic carboxylic acids is 1. The average molecular weight is 322 g/mol. The van der Waals surface area contributed by atoms with E-state index in [9.17, 15) is 23.5 Å². The van der Waals surface area contributed by atoms with Crippen molar-refractivity contribution in [1.82, 2.24) is 4.57 Å². The van der Waals surface area contributed by atoms with Crippen LogP contribution in [0.4, 0.5) is 14.5 Å². The molecule has 2 heterocycles. The molecular weight excluding hydrogens is 310 g/mol. The third-order valence-corrected chi connectivity index (χ3v) is 4.83. The quantitative estimate of drug-likeness (QED) is 0.781. The van der Waals surface area contributed by atoms with Crippen molar-refractivity contribution in [3.05, 3.63) is 33.6 Å². The van der Waals surface area contributed by atoms with Gasteiger partial charge < -0.3 is 20.1 Å². The molecule has 2 aromatic rings. The molecular formula is C15H12F2N2O4. The molecule has 1 spiro atoms. The van der Waals surface area contributed by atoms with Crippen LogP contribution in [0.3, 0.4) is 0 Å². The van der Waals surface area contributed by atoms with Gasteiger partial charge in [-0.15, -0.1) is 0 Å². The number of hydrogen-bond donors (Lipinski definition) is 2. The number of nitrogens with two attached hydrogens (primary N) is 1. The number of nitrogens with zero attached hydrogens (tertiary/aromatic N) is 1. The van der Waals surface area contributed by atoms with Crippen LogP contribution in [-0.4, -0.2) is 22.2 Å². The maximum Gasteiger partial charge on any atom is 0.341 e. The third kappa shape index (κ3) is 1.55. The molecule has 8 heteroatoms. The molecule has 23 heavy (non-hydrogen) atoms. The molecule has 1 aliphatic heterocycles. The van der Waals surface area contributed by atoms with Crippen molar-refractivity contribution in [3.63, 3.8) is 0 Å². The Morgan fingerprint density at radius 3 is 2.61 bits per heavy atom. The fourth-order valence-electron chi connectivity index (χ4n) is 3.42. The molecule has 120 valence electrons. The van der Waals surface area contributed by atoms with E-state index < -0.39 is 45.6 Å². The topological polar surface area (TPSA) is 94.5 Å². The fourth-order valence-corrected chi connectivity index (χ4v) is 3.42. The number of carboxylic acids is 1. The number of benzene rings is 1. The van der Waals surface area contributed by atoms with E-state index in [-0.39, 0.29) is 17.5 Å². The zero-order chi connectivity index (χ0) is 16.5. The summed E-state index contributed by atoms with van der Waals surface area (Å²) in [6.07, 6.45) is 3.48.